The first-order valence-corrected chi connectivity index (χ1v) is 8.85. The Hall–Kier alpha value is -1.63. The van der Waals surface area contributed by atoms with Crippen molar-refractivity contribution in [2.75, 3.05) is 53.3 Å². The molecule has 1 aromatic rings. The third-order valence-electron chi connectivity index (χ3n) is 3.48. The summed E-state index contributed by atoms with van der Waals surface area (Å²) in [7, 11) is 1.65. The molecule has 0 aliphatic heterocycles. The monoisotopic (exact) mass is 353 g/mol. The van der Waals surface area contributed by atoms with Crippen LogP contribution in [0.2, 0.25) is 0 Å². The first-order chi connectivity index (χ1) is 12.2. The average molecular weight is 353 g/mol. The summed E-state index contributed by atoms with van der Waals surface area (Å²) in [6.07, 6.45) is 2.29. The predicted octanol–water partition coefficient (Wildman–Crippen LogP) is 2.34. The van der Waals surface area contributed by atoms with Gasteiger partial charge in [0.2, 0.25) is 5.91 Å². The second-order valence-electron chi connectivity index (χ2n) is 5.63. The summed E-state index contributed by atoms with van der Waals surface area (Å²) in [4.78, 5) is 11.0. The van der Waals surface area contributed by atoms with Crippen LogP contribution >= 0.6 is 0 Å². The SMILES string of the molecule is CNC(=O)CCCCOCCOCCOCCOc1ccc(C)cc1. The number of unbranched alkanes of at least 4 members (excludes halogenated alkanes) is 1. The van der Waals surface area contributed by atoms with E-state index in [0.29, 0.717) is 52.7 Å². The van der Waals surface area contributed by atoms with Crippen LogP contribution in [0, 0.1) is 6.92 Å². The highest BCUT2D eigenvalue weighted by molar-refractivity contribution is 5.75. The van der Waals surface area contributed by atoms with E-state index in [1.807, 2.05) is 31.2 Å². The van der Waals surface area contributed by atoms with Gasteiger partial charge in [0, 0.05) is 20.1 Å². The maximum atomic E-state index is 11.0. The molecule has 0 atom stereocenters. The van der Waals surface area contributed by atoms with Gasteiger partial charge in [-0.25, -0.2) is 0 Å². The van der Waals surface area contributed by atoms with Crippen LogP contribution in [0.4, 0.5) is 0 Å². The van der Waals surface area contributed by atoms with Crippen molar-refractivity contribution in [2.24, 2.45) is 0 Å². The normalized spacial score (nSPS) is 10.6. The highest BCUT2D eigenvalue weighted by Gasteiger charge is 1.97. The van der Waals surface area contributed by atoms with Crippen LogP contribution in [0.25, 0.3) is 0 Å². The van der Waals surface area contributed by atoms with Crippen molar-refractivity contribution in [3.63, 3.8) is 0 Å². The molecule has 0 aliphatic rings. The number of rotatable bonds is 15. The van der Waals surface area contributed by atoms with E-state index < -0.39 is 0 Å². The lowest BCUT2D eigenvalue weighted by Gasteiger charge is -2.08. The van der Waals surface area contributed by atoms with Crippen LogP contribution < -0.4 is 10.1 Å². The average Bonchev–Trinajstić information content (AvgIpc) is 2.63. The third kappa shape index (κ3) is 12.4. The zero-order valence-electron chi connectivity index (χ0n) is 15.4. The van der Waals surface area contributed by atoms with Crippen LogP contribution in [-0.4, -0.2) is 59.2 Å². The van der Waals surface area contributed by atoms with Gasteiger partial charge in [0.15, 0.2) is 0 Å². The molecule has 0 saturated heterocycles. The molecule has 0 aromatic heterocycles. The van der Waals surface area contributed by atoms with Gasteiger partial charge in [-0.1, -0.05) is 17.7 Å². The van der Waals surface area contributed by atoms with Crippen molar-refractivity contribution in [3.05, 3.63) is 29.8 Å². The second kappa shape index (κ2) is 14.7. The van der Waals surface area contributed by atoms with Gasteiger partial charge < -0.3 is 24.3 Å². The minimum absolute atomic E-state index is 0.0765. The Balaban J connectivity index is 1.77. The molecule has 1 rings (SSSR count). The molecule has 25 heavy (non-hydrogen) atoms. The first kappa shape index (κ1) is 21.4. The molecule has 0 saturated carbocycles. The summed E-state index contributed by atoms with van der Waals surface area (Å²) in [6, 6.07) is 7.95. The molecule has 142 valence electrons. The zero-order valence-corrected chi connectivity index (χ0v) is 15.4. The Kier molecular flexibility index (Phi) is 12.6. The maximum Gasteiger partial charge on any atom is 0.219 e. The van der Waals surface area contributed by atoms with E-state index in [9.17, 15) is 4.79 Å². The molecule has 1 aromatic carbocycles. The lowest BCUT2D eigenvalue weighted by atomic mass is 10.2. The Morgan fingerprint density at radius 3 is 2.00 bits per heavy atom. The number of aryl methyl sites for hydroxylation is 1. The number of carbonyl (C=O) groups is 1. The van der Waals surface area contributed by atoms with Gasteiger partial charge >= 0.3 is 0 Å². The predicted molar refractivity (Wildman–Crippen MR) is 97.0 cm³/mol. The van der Waals surface area contributed by atoms with Crippen molar-refractivity contribution < 1.29 is 23.7 Å². The summed E-state index contributed by atoms with van der Waals surface area (Å²) < 4.78 is 21.9. The molecular formula is C19H31NO5. The van der Waals surface area contributed by atoms with Crippen molar-refractivity contribution in [3.8, 4) is 5.75 Å². The lowest BCUT2D eigenvalue weighted by Crippen LogP contribution is -2.17. The number of nitrogens with one attached hydrogen (secondary N) is 1. The molecule has 0 fully saturated rings. The van der Waals surface area contributed by atoms with Crippen LogP contribution in [0.1, 0.15) is 24.8 Å². The van der Waals surface area contributed by atoms with E-state index in [2.05, 4.69) is 5.32 Å². The smallest absolute Gasteiger partial charge is 0.219 e. The quantitative estimate of drug-likeness (QED) is 0.490. The summed E-state index contributed by atoms with van der Waals surface area (Å²) in [5.41, 5.74) is 1.22. The van der Waals surface area contributed by atoms with Gasteiger partial charge in [-0.2, -0.15) is 0 Å². The van der Waals surface area contributed by atoms with Gasteiger partial charge in [-0.05, 0) is 31.9 Å². The van der Waals surface area contributed by atoms with E-state index in [-0.39, 0.29) is 5.91 Å². The van der Waals surface area contributed by atoms with Crippen LogP contribution in [0.3, 0.4) is 0 Å². The van der Waals surface area contributed by atoms with Crippen molar-refractivity contribution in [1.29, 1.82) is 0 Å². The van der Waals surface area contributed by atoms with Crippen LogP contribution in [-0.2, 0) is 19.0 Å². The molecule has 6 nitrogen and oxygen atoms in total. The number of hydrogen-bond acceptors (Lipinski definition) is 5. The summed E-state index contributed by atoms with van der Waals surface area (Å²) in [5, 5.41) is 2.60. The Morgan fingerprint density at radius 1 is 0.840 bits per heavy atom. The number of amides is 1. The van der Waals surface area contributed by atoms with Gasteiger partial charge in [-0.3, -0.25) is 4.79 Å². The van der Waals surface area contributed by atoms with Gasteiger partial charge in [-0.15, -0.1) is 0 Å². The summed E-state index contributed by atoms with van der Waals surface area (Å²) in [5.74, 6) is 0.936. The first-order valence-electron chi connectivity index (χ1n) is 8.85. The molecule has 0 radical (unpaired) electrons. The van der Waals surface area contributed by atoms with Crippen LogP contribution in [0.5, 0.6) is 5.75 Å². The van der Waals surface area contributed by atoms with E-state index >= 15 is 0 Å². The fourth-order valence-corrected chi connectivity index (χ4v) is 2.01. The highest BCUT2D eigenvalue weighted by atomic mass is 16.6. The number of benzene rings is 1. The zero-order chi connectivity index (χ0) is 18.2. The molecule has 0 heterocycles. The Bertz CT molecular complexity index is 450. The van der Waals surface area contributed by atoms with Crippen molar-refractivity contribution in [1.82, 2.24) is 5.32 Å². The van der Waals surface area contributed by atoms with Crippen LogP contribution in [0.15, 0.2) is 24.3 Å². The van der Waals surface area contributed by atoms with Crippen molar-refractivity contribution in [2.45, 2.75) is 26.2 Å². The molecule has 1 N–H and O–H groups in total. The molecule has 1 amide bonds. The highest BCUT2D eigenvalue weighted by Crippen LogP contribution is 2.10. The van der Waals surface area contributed by atoms with E-state index in [0.717, 1.165) is 18.6 Å². The summed E-state index contributed by atoms with van der Waals surface area (Å²) >= 11 is 0. The molecule has 0 bridgehead atoms. The second-order valence-corrected chi connectivity index (χ2v) is 5.63. The third-order valence-corrected chi connectivity index (χ3v) is 3.48. The van der Waals surface area contributed by atoms with Gasteiger partial charge in [0.1, 0.15) is 12.4 Å². The maximum absolute atomic E-state index is 11.0. The van der Waals surface area contributed by atoms with Gasteiger partial charge in [0.25, 0.3) is 0 Å². The van der Waals surface area contributed by atoms with Crippen molar-refractivity contribution >= 4 is 5.91 Å². The van der Waals surface area contributed by atoms with Gasteiger partial charge in [0.05, 0.1) is 33.0 Å². The molecule has 0 spiro atoms. The number of carbonyl (C=O) groups excluding carboxylic acids is 1. The topological polar surface area (TPSA) is 66.0 Å². The summed E-state index contributed by atoms with van der Waals surface area (Å²) in [6.45, 7) is 5.99. The number of ether oxygens (including phenoxy) is 4. The molecule has 0 unspecified atom stereocenters. The minimum atomic E-state index is 0.0765. The number of hydrogen-bond donors (Lipinski definition) is 1. The van der Waals surface area contributed by atoms with E-state index in [1.165, 1.54) is 5.56 Å². The standard InChI is InChI=1S/C19H31NO5/c1-17-6-8-18(9-7-17)25-16-15-24-14-13-23-12-11-22-10-4-3-5-19(21)20-2/h6-9H,3-5,10-16H2,1-2H3,(H,20,21). The Morgan fingerprint density at radius 2 is 1.40 bits per heavy atom. The fraction of sp³-hybridized carbons (Fsp3) is 0.632. The molecule has 6 heteroatoms. The minimum Gasteiger partial charge on any atom is -0.491 e. The fourth-order valence-electron chi connectivity index (χ4n) is 2.01. The molecular weight excluding hydrogens is 322 g/mol. The molecule has 0 aliphatic carbocycles. The Labute approximate surface area is 150 Å². The largest absolute Gasteiger partial charge is 0.491 e. The lowest BCUT2D eigenvalue weighted by molar-refractivity contribution is -0.120. The van der Waals surface area contributed by atoms with E-state index in [4.69, 9.17) is 18.9 Å². The van der Waals surface area contributed by atoms with E-state index in [1.54, 1.807) is 7.05 Å².